The van der Waals surface area contributed by atoms with E-state index >= 15 is 0 Å². The van der Waals surface area contributed by atoms with Crippen LogP contribution in [0.3, 0.4) is 0 Å². The van der Waals surface area contributed by atoms with Crippen molar-refractivity contribution in [1.82, 2.24) is 9.88 Å². The van der Waals surface area contributed by atoms with Gasteiger partial charge >= 0.3 is 5.97 Å². The molecule has 108 valence electrons. The smallest absolute Gasteiger partial charge is 0.308 e. The van der Waals surface area contributed by atoms with Crippen LogP contribution in [0.15, 0.2) is 36.5 Å². The molecule has 0 spiro atoms. The van der Waals surface area contributed by atoms with Crippen molar-refractivity contribution in [1.29, 1.82) is 0 Å². The number of carboxylic acid groups (broad SMARTS) is 1. The molecule has 0 aliphatic carbocycles. The van der Waals surface area contributed by atoms with E-state index < -0.39 is 11.9 Å². The Labute approximate surface area is 122 Å². The van der Waals surface area contributed by atoms with Gasteiger partial charge in [-0.15, -0.1) is 0 Å². The van der Waals surface area contributed by atoms with Gasteiger partial charge in [-0.2, -0.15) is 0 Å². The lowest BCUT2D eigenvalue weighted by atomic mass is 9.97. The number of amides is 1. The summed E-state index contributed by atoms with van der Waals surface area (Å²) in [6.07, 6.45) is 2.46. The number of carbonyl (C=O) groups excluding carboxylic acids is 1. The maximum Gasteiger partial charge on any atom is 0.308 e. The molecule has 1 aliphatic rings. The third-order valence-electron chi connectivity index (χ3n) is 3.95. The van der Waals surface area contributed by atoms with Gasteiger partial charge < -0.3 is 10.0 Å². The first-order valence-electron chi connectivity index (χ1n) is 6.98. The Morgan fingerprint density at radius 1 is 1.33 bits per heavy atom. The second-order valence-electron chi connectivity index (χ2n) is 5.34. The van der Waals surface area contributed by atoms with Crippen molar-refractivity contribution in [2.75, 3.05) is 6.54 Å². The van der Waals surface area contributed by atoms with Crippen molar-refractivity contribution in [2.24, 2.45) is 5.92 Å². The molecule has 1 fully saturated rings. The van der Waals surface area contributed by atoms with Crippen molar-refractivity contribution < 1.29 is 14.7 Å². The van der Waals surface area contributed by atoms with Crippen LogP contribution in [0.5, 0.6) is 0 Å². The minimum absolute atomic E-state index is 0.0217. The Morgan fingerprint density at radius 3 is 2.95 bits per heavy atom. The van der Waals surface area contributed by atoms with E-state index in [9.17, 15) is 9.59 Å². The SMILES string of the molecule is O=C(O)C1CCC(=O)N(Cc2ccnc3ccccc23)C1. The topological polar surface area (TPSA) is 70.5 Å². The van der Waals surface area contributed by atoms with Gasteiger partial charge in [0.1, 0.15) is 0 Å². The summed E-state index contributed by atoms with van der Waals surface area (Å²) in [6, 6.07) is 9.65. The Balaban J connectivity index is 1.87. The standard InChI is InChI=1S/C16H16N2O3/c19-15-6-5-12(16(20)21)10-18(15)9-11-7-8-17-14-4-2-1-3-13(11)14/h1-4,7-8,12H,5-6,9-10H2,(H,20,21). The molecule has 1 aliphatic heterocycles. The Hall–Kier alpha value is -2.43. The zero-order chi connectivity index (χ0) is 14.8. The van der Waals surface area contributed by atoms with Crippen LogP contribution in [0.25, 0.3) is 10.9 Å². The average Bonchev–Trinajstić information content (AvgIpc) is 2.49. The predicted molar refractivity (Wildman–Crippen MR) is 77.5 cm³/mol. The van der Waals surface area contributed by atoms with Gasteiger partial charge in [-0.25, -0.2) is 0 Å². The lowest BCUT2D eigenvalue weighted by molar-refractivity contribution is -0.147. The van der Waals surface area contributed by atoms with Crippen LogP contribution in [0.4, 0.5) is 0 Å². The number of nitrogens with zero attached hydrogens (tertiary/aromatic N) is 2. The summed E-state index contributed by atoms with van der Waals surface area (Å²) in [4.78, 5) is 29.1. The largest absolute Gasteiger partial charge is 0.481 e. The third kappa shape index (κ3) is 2.72. The van der Waals surface area contributed by atoms with Crippen LogP contribution < -0.4 is 0 Å². The molecule has 0 radical (unpaired) electrons. The van der Waals surface area contributed by atoms with E-state index in [1.807, 2.05) is 30.3 Å². The number of aliphatic carboxylic acids is 1. The molecular weight excluding hydrogens is 268 g/mol. The Kier molecular flexibility index (Phi) is 3.56. The number of carboxylic acids is 1. The van der Waals surface area contributed by atoms with Gasteiger partial charge in [0.15, 0.2) is 0 Å². The minimum Gasteiger partial charge on any atom is -0.481 e. The van der Waals surface area contributed by atoms with E-state index in [0.717, 1.165) is 16.5 Å². The summed E-state index contributed by atoms with van der Waals surface area (Å²) >= 11 is 0. The first kappa shape index (κ1) is 13.5. The first-order valence-corrected chi connectivity index (χ1v) is 6.98. The lowest BCUT2D eigenvalue weighted by Crippen LogP contribution is -2.42. The van der Waals surface area contributed by atoms with E-state index in [1.165, 1.54) is 0 Å². The highest BCUT2D eigenvalue weighted by Crippen LogP contribution is 2.23. The first-order chi connectivity index (χ1) is 10.1. The molecule has 3 rings (SSSR count). The maximum atomic E-state index is 12.0. The van der Waals surface area contributed by atoms with Gasteiger partial charge in [-0.1, -0.05) is 18.2 Å². The van der Waals surface area contributed by atoms with Gasteiger partial charge in [0.2, 0.25) is 5.91 Å². The molecule has 1 atom stereocenters. The van der Waals surface area contributed by atoms with Crippen molar-refractivity contribution in [3.8, 4) is 0 Å². The third-order valence-corrected chi connectivity index (χ3v) is 3.95. The van der Waals surface area contributed by atoms with E-state index in [1.54, 1.807) is 11.1 Å². The van der Waals surface area contributed by atoms with Crippen molar-refractivity contribution >= 4 is 22.8 Å². The number of para-hydroxylation sites is 1. The summed E-state index contributed by atoms with van der Waals surface area (Å²) < 4.78 is 0. The van der Waals surface area contributed by atoms with Gasteiger partial charge in [0.25, 0.3) is 0 Å². The summed E-state index contributed by atoms with van der Waals surface area (Å²) in [5, 5.41) is 10.1. The lowest BCUT2D eigenvalue weighted by Gasteiger charge is -2.31. The zero-order valence-corrected chi connectivity index (χ0v) is 11.5. The van der Waals surface area contributed by atoms with Crippen LogP contribution in [0.1, 0.15) is 18.4 Å². The fourth-order valence-corrected chi connectivity index (χ4v) is 2.77. The Bertz CT molecular complexity index is 693. The molecule has 0 bridgehead atoms. The fraction of sp³-hybridized carbons (Fsp3) is 0.312. The molecule has 1 unspecified atom stereocenters. The number of hydrogen-bond donors (Lipinski definition) is 1. The van der Waals surface area contributed by atoms with E-state index in [4.69, 9.17) is 5.11 Å². The van der Waals surface area contributed by atoms with Gasteiger partial charge in [0.05, 0.1) is 11.4 Å². The van der Waals surface area contributed by atoms with Crippen LogP contribution in [-0.4, -0.2) is 33.4 Å². The minimum atomic E-state index is -0.827. The number of rotatable bonds is 3. The second kappa shape index (κ2) is 5.52. The van der Waals surface area contributed by atoms with Gasteiger partial charge in [0, 0.05) is 31.1 Å². The molecule has 5 nitrogen and oxygen atoms in total. The summed E-state index contributed by atoms with van der Waals surface area (Å²) in [5.74, 6) is -1.27. The molecule has 1 saturated heterocycles. The number of aromatic nitrogens is 1. The van der Waals surface area contributed by atoms with E-state index in [0.29, 0.717) is 19.4 Å². The highest BCUT2D eigenvalue weighted by atomic mass is 16.4. The molecular formula is C16H16N2O3. The van der Waals surface area contributed by atoms with Crippen LogP contribution in [0.2, 0.25) is 0 Å². The van der Waals surface area contributed by atoms with Gasteiger partial charge in [-0.3, -0.25) is 14.6 Å². The number of fused-ring (bicyclic) bond motifs is 1. The molecule has 1 amide bonds. The highest BCUT2D eigenvalue weighted by Gasteiger charge is 2.30. The van der Waals surface area contributed by atoms with Crippen LogP contribution in [0, 0.1) is 5.92 Å². The second-order valence-corrected chi connectivity index (χ2v) is 5.34. The molecule has 1 N–H and O–H groups in total. The van der Waals surface area contributed by atoms with Crippen molar-refractivity contribution in [3.05, 3.63) is 42.1 Å². The van der Waals surface area contributed by atoms with Crippen molar-refractivity contribution in [3.63, 3.8) is 0 Å². The van der Waals surface area contributed by atoms with Gasteiger partial charge in [-0.05, 0) is 24.1 Å². The number of benzene rings is 1. The molecule has 2 aromatic rings. The summed E-state index contributed by atoms with van der Waals surface area (Å²) in [7, 11) is 0. The number of piperidine rings is 1. The predicted octanol–water partition coefficient (Wildman–Crippen LogP) is 2.06. The summed E-state index contributed by atoms with van der Waals surface area (Å²) in [5.41, 5.74) is 1.88. The van der Waals surface area contributed by atoms with E-state index in [2.05, 4.69) is 4.98 Å². The molecule has 1 aromatic carbocycles. The average molecular weight is 284 g/mol. The van der Waals surface area contributed by atoms with E-state index in [-0.39, 0.29) is 12.5 Å². The van der Waals surface area contributed by atoms with Crippen LogP contribution in [-0.2, 0) is 16.1 Å². The Morgan fingerprint density at radius 2 is 2.14 bits per heavy atom. The van der Waals surface area contributed by atoms with Crippen molar-refractivity contribution in [2.45, 2.75) is 19.4 Å². The fourth-order valence-electron chi connectivity index (χ4n) is 2.77. The molecule has 5 heteroatoms. The quantitative estimate of drug-likeness (QED) is 0.936. The molecule has 1 aromatic heterocycles. The monoisotopic (exact) mass is 284 g/mol. The molecule has 2 heterocycles. The zero-order valence-electron chi connectivity index (χ0n) is 11.5. The number of hydrogen-bond acceptors (Lipinski definition) is 3. The molecule has 21 heavy (non-hydrogen) atoms. The maximum absolute atomic E-state index is 12.0. The number of pyridine rings is 1. The molecule has 0 saturated carbocycles. The van der Waals surface area contributed by atoms with Crippen LogP contribution >= 0.6 is 0 Å². The number of likely N-dealkylation sites (tertiary alicyclic amines) is 1. The normalized spacial score (nSPS) is 19.0. The number of carbonyl (C=O) groups is 2. The highest BCUT2D eigenvalue weighted by molar-refractivity contribution is 5.84. The summed E-state index contributed by atoms with van der Waals surface area (Å²) in [6.45, 7) is 0.719.